The van der Waals surface area contributed by atoms with E-state index in [4.69, 9.17) is 22.1 Å². The first kappa shape index (κ1) is 21.7. The van der Waals surface area contributed by atoms with Gasteiger partial charge >= 0.3 is 6.18 Å². The van der Waals surface area contributed by atoms with E-state index >= 15 is 0 Å². The van der Waals surface area contributed by atoms with Crippen molar-refractivity contribution in [3.63, 3.8) is 0 Å². The zero-order valence-corrected chi connectivity index (χ0v) is 17.1. The lowest BCUT2D eigenvalue weighted by Crippen LogP contribution is -2.16. The number of nitrogens with one attached hydrogen (secondary N) is 1. The Hall–Kier alpha value is -2.99. The highest BCUT2D eigenvalue weighted by Gasteiger charge is 2.34. The van der Waals surface area contributed by atoms with E-state index in [-0.39, 0.29) is 23.3 Å². The van der Waals surface area contributed by atoms with Crippen LogP contribution in [-0.4, -0.2) is 23.2 Å². The molecule has 1 aromatic carbocycles. The van der Waals surface area contributed by atoms with Gasteiger partial charge in [-0.2, -0.15) is 18.3 Å². The Morgan fingerprint density at radius 3 is 2.53 bits per heavy atom. The van der Waals surface area contributed by atoms with Crippen LogP contribution in [0.3, 0.4) is 0 Å². The molecule has 0 amide bonds. The largest absolute Gasteiger partial charge is 0.419 e. The lowest BCUT2D eigenvalue weighted by atomic mass is 10.2. The number of rotatable bonds is 5. The predicted octanol–water partition coefficient (Wildman–Crippen LogP) is 3.97. The minimum atomic E-state index is -4.82. The number of hydrogen-bond acceptors (Lipinski definition) is 6. The number of halogens is 4. The molecule has 160 valence electrons. The monoisotopic (exact) mass is 461 g/mol. The Kier molecular flexibility index (Phi) is 5.56. The average molecular weight is 462 g/mol. The van der Waals surface area contributed by atoms with Crippen molar-refractivity contribution in [2.24, 2.45) is 7.05 Å². The summed E-state index contributed by atoms with van der Waals surface area (Å²) >= 11 is 5.56. The number of ether oxygens (including phenoxy) is 1. The number of alkyl halides is 3. The summed E-state index contributed by atoms with van der Waals surface area (Å²) in [5, 5.41) is 3.29. The van der Waals surface area contributed by atoms with E-state index in [0.29, 0.717) is 11.6 Å². The van der Waals surface area contributed by atoms with Gasteiger partial charge < -0.3 is 10.5 Å². The second-order valence-corrected chi connectivity index (χ2v) is 8.33. The Morgan fingerprint density at radius 1 is 1.23 bits per heavy atom. The third-order valence-electron chi connectivity index (χ3n) is 3.84. The summed E-state index contributed by atoms with van der Waals surface area (Å²) in [5.41, 5.74) is 4.82. The van der Waals surface area contributed by atoms with Crippen LogP contribution in [0.4, 0.5) is 24.7 Å². The van der Waals surface area contributed by atoms with Gasteiger partial charge in [0.2, 0.25) is 11.8 Å². The Morgan fingerprint density at radius 2 is 1.93 bits per heavy atom. The molecule has 8 nitrogen and oxygen atoms in total. The van der Waals surface area contributed by atoms with Gasteiger partial charge in [0.25, 0.3) is 10.0 Å². The molecule has 2 heterocycles. The molecule has 0 radical (unpaired) electrons. The number of nitrogens with zero attached hydrogens (tertiary/aromatic N) is 3. The van der Waals surface area contributed by atoms with Crippen LogP contribution in [0.1, 0.15) is 11.1 Å². The molecule has 0 bridgehead atoms. The number of nitrogen functional groups attached to an aromatic ring is 1. The summed E-state index contributed by atoms with van der Waals surface area (Å²) in [6.07, 6.45) is -3.39. The standard InChI is InChI=1S/C17H15ClF3N5O3S/c1-9-5-13(16(23-8-9)29-15-7-14(22)24-26(15)2)25-30(27,28)10-3-4-12(18)11(6-10)17(19,20)21/h3-8,25H,1-2H3,(H2,22,24). The fourth-order valence-electron chi connectivity index (χ4n) is 2.47. The van der Waals surface area contributed by atoms with Gasteiger partial charge in [-0.25, -0.2) is 18.1 Å². The molecule has 0 aliphatic rings. The van der Waals surface area contributed by atoms with Crippen molar-refractivity contribution in [2.45, 2.75) is 18.0 Å². The van der Waals surface area contributed by atoms with E-state index in [1.807, 2.05) is 0 Å². The molecule has 2 aromatic heterocycles. The lowest BCUT2D eigenvalue weighted by molar-refractivity contribution is -0.137. The number of hydrogen-bond donors (Lipinski definition) is 2. The summed E-state index contributed by atoms with van der Waals surface area (Å²) in [7, 11) is -2.87. The van der Waals surface area contributed by atoms with Crippen molar-refractivity contribution in [1.29, 1.82) is 0 Å². The molecular weight excluding hydrogens is 447 g/mol. The van der Waals surface area contributed by atoms with Crippen LogP contribution in [0.15, 0.2) is 41.4 Å². The van der Waals surface area contributed by atoms with E-state index in [0.717, 1.165) is 12.1 Å². The highest BCUT2D eigenvalue weighted by atomic mass is 35.5. The predicted molar refractivity (Wildman–Crippen MR) is 104 cm³/mol. The van der Waals surface area contributed by atoms with Crippen LogP contribution in [-0.2, 0) is 23.2 Å². The first-order valence-corrected chi connectivity index (χ1v) is 10.1. The van der Waals surface area contributed by atoms with Crippen molar-refractivity contribution < 1.29 is 26.3 Å². The van der Waals surface area contributed by atoms with Gasteiger partial charge in [0, 0.05) is 19.3 Å². The number of aromatic nitrogens is 3. The van der Waals surface area contributed by atoms with Gasteiger partial charge in [-0.05, 0) is 36.8 Å². The number of anilines is 2. The number of aryl methyl sites for hydroxylation is 2. The normalized spacial score (nSPS) is 12.1. The number of pyridine rings is 1. The molecule has 0 unspecified atom stereocenters. The minimum Gasteiger partial charge on any atom is -0.419 e. The first-order valence-electron chi connectivity index (χ1n) is 8.20. The second-order valence-electron chi connectivity index (χ2n) is 6.24. The SMILES string of the molecule is Cc1cnc(Oc2cc(N)nn2C)c(NS(=O)(=O)c2ccc(Cl)c(C(F)(F)F)c2)c1. The molecule has 30 heavy (non-hydrogen) atoms. The second kappa shape index (κ2) is 7.69. The number of benzene rings is 1. The molecule has 0 aliphatic heterocycles. The number of sulfonamides is 1. The van der Waals surface area contributed by atoms with Crippen molar-refractivity contribution >= 4 is 33.1 Å². The summed E-state index contributed by atoms with van der Waals surface area (Å²) in [5.74, 6) is 0.204. The van der Waals surface area contributed by atoms with Gasteiger partial charge in [0.15, 0.2) is 0 Å². The van der Waals surface area contributed by atoms with E-state index < -0.39 is 31.7 Å². The highest BCUT2D eigenvalue weighted by molar-refractivity contribution is 7.92. The molecule has 3 N–H and O–H groups in total. The number of nitrogens with two attached hydrogens (primary N) is 1. The van der Waals surface area contributed by atoms with Crippen LogP contribution in [0.2, 0.25) is 5.02 Å². The Bertz CT molecular complexity index is 1210. The van der Waals surface area contributed by atoms with Gasteiger partial charge in [-0.3, -0.25) is 4.72 Å². The van der Waals surface area contributed by atoms with Gasteiger partial charge in [-0.15, -0.1) is 0 Å². The zero-order chi connectivity index (χ0) is 22.3. The van der Waals surface area contributed by atoms with Crippen molar-refractivity contribution in [3.8, 4) is 11.8 Å². The molecule has 13 heteroatoms. The van der Waals surface area contributed by atoms with Crippen LogP contribution in [0.5, 0.6) is 11.8 Å². The average Bonchev–Trinajstić information content (AvgIpc) is 2.93. The maximum absolute atomic E-state index is 13.1. The van der Waals surface area contributed by atoms with Crippen molar-refractivity contribution in [1.82, 2.24) is 14.8 Å². The Balaban J connectivity index is 1.99. The van der Waals surface area contributed by atoms with E-state index in [2.05, 4.69) is 14.8 Å². The van der Waals surface area contributed by atoms with E-state index in [1.165, 1.54) is 23.0 Å². The maximum atomic E-state index is 13.1. The van der Waals surface area contributed by atoms with Crippen LogP contribution >= 0.6 is 11.6 Å². The third kappa shape index (κ3) is 4.60. The topological polar surface area (TPSA) is 112 Å². The zero-order valence-electron chi connectivity index (χ0n) is 15.5. The van der Waals surface area contributed by atoms with Crippen LogP contribution in [0.25, 0.3) is 0 Å². The maximum Gasteiger partial charge on any atom is 0.417 e. The molecule has 0 spiro atoms. The molecule has 0 aliphatic carbocycles. The quantitative estimate of drug-likeness (QED) is 0.594. The smallest absolute Gasteiger partial charge is 0.417 e. The molecule has 0 saturated carbocycles. The molecule has 0 atom stereocenters. The summed E-state index contributed by atoms with van der Waals surface area (Å²) in [6, 6.07) is 5.10. The summed E-state index contributed by atoms with van der Waals surface area (Å²) in [6.45, 7) is 1.65. The minimum absolute atomic E-state index is 0.0849. The Labute approximate surface area is 174 Å². The van der Waals surface area contributed by atoms with Crippen LogP contribution < -0.4 is 15.2 Å². The molecule has 3 aromatic rings. The van der Waals surface area contributed by atoms with E-state index in [1.54, 1.807) is 14.0 Å². The molecule has 0 saturated heterocycles. The van der Waals surface area contributed by atoms with Gasteiger partial charge in [0.1, 0.15) is 11.5 Å². The van der Waals surface area contributed by atoms with Gasteiger partial charge in [-0.1, -0.05) is 11.6 Å². The summed E-state index contributed by atoms with van der Waals surface area (Å²) in [4.78, 5) is 3.41. The van der Waals surface area contributed by atoms with Crippen LogP contribution in [0, 0.1) is 6.92 Å². The lowest BCUT2D eigenvalue weighted by Gasteiger charge is -2.15. The third-order valence-corrected chi connectivity index (χ3v) is 5.54. The van der Waals surface area contributed by atoms with Crippen molar-refractivity contribution in [3.05, 3.63) is 52.7 Å². The molecule has 3 rings (SSSR count). The highest BCUT2D eigenvalue weighted by Crippen LogP contribution is 2.37. The summed E-state index contributed by atoms with van der Waals surface area (Å²) < 4.78 is 73.8. The van der Waals surface area contributed by atoms with Gasteiger partial charge in [0.05, 0.1) is 15.5 Å². The van der Waals surface area contributed by atoms with Crippen molar-refractivity contribution in [2.75, 3.05) is 10.5 Å². The fourth-order valence-corrected chi connectivity index (χ4v) is 3.77. The molecular formula is C17H15ClF3N5O3S. The first-order chi connectivity index (χ1) is 13.9. The molecule has 0 fully saturated rings. The fraction of sp³-hybridized carbons (Fsp3) is 0.176. The van der Waals surface area contributed by atoms with E-state index in [9.17, 15) is 21.6 Å².